The van der Waals surface area contributed by atoms with Crippen molar-refractivity contribution in [1.29, 1.82) is 0 Å². The summed E-state index contributed by atoms with van der Waals surface area (Å²) < 4.78 is 18.4. The molecule has 2 nitrogen and oxygen atoms in total. The van der Waals surface area contributed by atoms with Gasteiger partial charge in [-0.3, -0.25) is 0 Å². The standard InChI is InChI=1S/C10H11ClFNO/c11-9-5-7(1-2-10(9)12)14-8-3-4-13-6-8/h1-2,5,8,13H,3-4,6H2. The summed E-state index contributed by atoms with van der Waals surface area (Å²) in [6.07, 6.45) is 1.16. The first-order chi connectivity index (χ1) is 6.75. The number of nitrogens with one attached hydrogen (secondary N) is 1. The average Bonchev–Trinajstić information content (AvgIpc) is 2.64. The molecule has 1 atom stereocenters. The topological polar surface area (TPSA) is 21.3 Å². The summed E-state index contributed by atoms with van der Waals surface area (Å²) in [5, 5.41) is 3.29. The first-order valence-corrected chi connectivity index (χ1v) is 4.96. The van der Waals surface area contributed by atoms with Gasteiger partial charge in [-0.2, -0.15) is 0 Å². The first kappa shape index (κ1) is 9.74. The van der Waals surface area contributed by atoms with E-state index in [1.165, 1.54) is 12.1 Å². The van der Waals surface area contributed by atoms with Crippen molar-refractivity contribution in [2.75, 3.05) is 13.1 Å². The molecule has 0 aromatic heterocycles. The van der Waals surface area contributed by atoms with Crippen molar-refractivity contribution in [3.63, 3.8) is 0 Å². The molecule has 14 heavy (non-hydrogen) atoms. The molecule has 1 heterocycles. The molecule has 1 aromatic carbocycles. The van der Waals surface area contributed by atoms with E-state index in [0.29, 0.717) is 5.75 Å². The molecular formula is C10H11ClFNO. The number of halogens is 2. The maximum atomic E-state index is 12.8. The Bertz CT molecular complexity index is 326. The minimum atomic E-state index is -0.413. The van der Waals surface area contributed by atoms with Gasteiger partial charge in [0, 0.05) is 12.6 Å². The van der Waals surface area contributed by atoms with Gasteiger partial charge in [-0.25, -0.2) is 4.39 Å². The minimum Gasteiger partial charge on any atom is -0.489 e. The quantitative estimate of drug-likeness (QED) is 0.817. The fourth-order valence-electron chi connectivity index (χ4n) is 1.47. The molecule has 1 aromatic rings. The Labute approximate surface area is 87.0 Å². The molecule has 1 unspecified atom stereocenters. The van der Waals surface area contributed by atoms with Crippen LogP contribution in [-0.2, 0) is 0 Å². The van der Waals surface area contributed by atoms with E-state index in [1.807, 2.05) is 0 Å². The lowest BCUT2D eigenvalue weighted by molar-refractivity contribution is 0.223. The van der Waals surface area contributed by atoms with Gasteiger partial charge in [0.1, 0.15) is 17.7 Å². The summed E-state index contributed by atoms with van der Waals surface area (Å²) in [5.74, 6) is 0.216. The van der Waals surface area contributed by atoms with Crippen LogP contribution in [0.2, 0.25) is 5.02 Å². The van der Waals surface area contributed by atoms with Gasteiger partial charge in [-0.1, -0.05) is 11.6 Å². The summed E-state index contributed by atoms with van der Waals surface area (Å²) in [5.41, 5.74) is 0. The Morgan fingerprint density at radius 1 is 1.50 bits per heavy atom. The molecular weight excluding hydrogens is 205 g/mol. The Hall–Kier alpha value is -0.800. The number of hydrogen-bond acceptors (Lipinski definition) is 2. The zero-order valence-corrected chi connectivity index (χ0v) is 8.35. The second-order valence-electron chi connectivity index (χ2n) is 3.31. The van der Waals surface area contributed by atoms with Crippen molar-refractivity contribution in [1.82, 2.24) is 5.32 Å². The van der Waals surface area contributed by atoms with Gasteiger partial charge in [-0.05, 0) is 25.1 Å². The van der Waals surface area contributed by atoms with Crippen LogP contribution in [0.5, 0.6) is 5.75 Å². The molecule has 76 valence electrons. The van der Waals surface area contributed by atoms with E-state index in [2.05, 4.69) is 5.32 Å². The molecule has 0 aliphatic carbocycles. The van der Waals surface area contributed by atoms with E-state index in [9.17, 15) is 4.39 Å². The van der Waals surface area contributed by atoms with Gasteiger partial charge >= 0.3 is 0 Å². The summed E-state index contributed by atoms with van der Waals surface area (Å²) in [6, 6.07) is 4.43. The molecule has 2 rings (SSSR count). The van der Waals surface area contributed by atoms with E-state index >= 15 is 0 Å². The molecule has 0 amide bonds. The van der Waals surface area contributed by atoms with Gasteiger partial charge in [0.2, 0.25) is 0 Å². The second-order valence-corrected chi connectivity index (χ2v) is 3.72. The van der Waals surface area contributed by atoms with Gasteiger partial charge in [-0.15, -0.1) is 0 Å². The molecule has 1 N–H and O–H groups in total. The largest absolute Gasteiger partial charge is 0.489 e. The third-order valence-electron chi connectivity index (χ3n) is 2.21. The van der Waals surface area contributed by atoms with E-state index in [1.54, 1.807) is 6.07 Å². The summed E-state index contributed by atoms with van der Waals surface area (Å²) >= 11 is 5.63. The van der Waals surface area contributed by atoms with Crippen LogP contribution in [0, 0.1) is 5.82 Å². The Kier molecular flexibility index (Phi) is 2.89. The molecule has 4 heteroatoms. The fourth-order valence-corrected chi connectivity index (χ4v) is 1.64. The highest BCUT2D eigenvalue weighted by Crippen LogP contribution is 2.22. The monoisotopic (exact) mass is 215 g/mol. The van der Waals surface area contributed by atoms with Crippen LogP contribution < -0.4 is 10.1 Å². The Morgan fingerprint density at radius 2 is 2.36 bits per heavy atom. The number of ether oxygens (including phenoxy) is 1. The lowest BCUT2D eigenvalue weighted by Gasteiger charge is -2.12. The number of benzene rings is 1. The van der Waals surface area contributed by atoms with Gasteiger partial charge in [0.15, 0.2) is 0 Å². The highest BCUT2D eigenvalue weighted by molar-refractivity contribution is 6.30. The summed E-state index contributed by atoms with van der Waals surface area (Å²) in [7, 11) is 0. The van der Waals surface area contributed by atoms with Gasteiger partial charge in [0.25, 0.3) is 0 Å². The van der Waals surface area contributed by atoms with Crippen molar-refractivity contribution in [2.24, 2.45) is 0 Å². The maximum absolute atomic E-state index is 12.8. The van der Waals surface area contributed by atoms with Crippen molar-refractivity contribution < 1.29 is 9.13 Å². The third kappa shape index (κ3) is 2.16. The van der Waals surface area contributed by atoms with E-state index in [4.69, 9.17) is 16.3 Å². The highest BCUT2D eigenvalue weighted by atomic mass is 35.5. The van der Waals surface area contributed by atoms with Crippen molar-refractivity contribution in [3.05, 3.63) is 29.0 Å². The normalized spacial score (nSPS) is 21.1. The smallest absolute Gasteiger partial charge is 0.142 e. The highest BCUT2D eigenvalue weighted by Gasteiger charge is 2.16. The van der Waals surface area contributed by atoms with E-state index in [-0.39, 0.29) is 11.1 Å². The fraction of sp³-hybridized carbons (Fsp3) is 0.400. The molecule has 0 bridgehead atoms. The predicted octanol–water partition coefficient (Wildman–Crippen LogP) is 2.22. The van der Waals surface area contributed by atoms with E-state index < -0.39 is 5.82 Å². The minimum absolute atomic E-state index is 0.105. The Morgan fingerprint density at radius 3 is 3.00 bits per heavy atom. The predicted molar refractivity (Wildman–Crippen MR) is 53.3 cm³/mol. The SMILES string of the molecule is Fc1ccc(OC2CCNC2)cc1Cl. The lowest BCUT2D eigenvalue weighted by atomic mass is 10.3. The van der Waals surface area contributed by atoms with Crippen LogP contribution in [0.3, 0.4) is 0 Å². The summed E-state index contributed by atoms with van der Waals surface area (Å²) in [6.45, 7) is 1.81. The van der Waals surface area contributed by atoms with Crippen LogP contribution in [0.15, 0.2) is 18.2 Å². The average molecular weight is 216 g/mol. The van der Waals surface area contributed by atoms with Crippen LogP contribution >= 0.6 is 11.6 Å². The molecule has 1 saturated heterocycles. The molecule has 0 saturated carbocycles. The molecule has 1 aliphatic heterocycles. The van der Waals surface area contributed by atoms with Gasteiger partial charge in [0.05, 0.1) is 5.02 Å². The van der Waals surface area contributed by atoms with Gasteiger partial charge < -0.3 is 10.1 Å². The third-order valence-corrected chi connectivity index (χ3v) is 2.50. The van der Waals surface area contributed by atoms with Crippen LogP contribution in [0.4, 0.5) is 4.39 Å². The zero-order chi connectivity index (χ0) is 9.97. The van der Waals surface area contributed by atoms with Crippen molar-refractivity contribution in [2.45, 2.75) is 12.5 Å². The van der Waals surface area contributed by atoms with Crippen LogP contribution in [0.1, 0.15) is 6.42 Å². The molecule has 1 aliphatic rings. The first-order valence-electron chi connectivity index (χ1n) is 4.58. The number of rotatable bonds is 2. The van der Waals surface area contributed by atoms with Crippen LogP contribution in [0.25, 0.3) is 0 Å². The number of hydrogen-bond donors (Lipinski definition) is 1. The van der Waals surface area contributed by atoms with E-state index in [0.717, 1.165) is 19.5 Å². The second kappa shape index (κ2) is 4.15. The van der Waals surface area contributed by atoms with Crippen molar-refractivity contribution in [3.8, 4) is 5.75 Å². The zero-order valence-electron chi connectivity index (χ0n) is 7.59. The molecule has 0 radical (unpaired) electrons. The molecule has 0 spiro atoms. The Balaban J connectivity index is 2.05. The molecule has 1 fully saturated rings. The summed E-state index contributed by atoms with van der Waals surface area (Å²) in [4.78, 5) is 0. The van der Waals surface area contributed by atoms with Crippen molar-refractivity contribution >= 4 is 11.6 Å². The van der Waals surface area contributed by atoms with Crippen LogP contribution in [-0.4, -0.2) is 19.2 Å². The lowest BCUT2D eigenvalue weighted by Crippen LogP contribution is -2.19. The maximum Gasteiger partial charge on any atom is 0.142 e.